The van der Waals surface area contributed by atoms with Gasteiger partial charge in [-0.15, -0.1) is 0 Å². The van der Waals surface area contributed by atoms with Gasteiger partial charge in [-0.2, -0.15) is 11.8 Å². The Balaban J connectivity index is 1.77. The molecule has 0 spiro atoms. The Labute approximate surface area is 73.5 Å². The van der Waals surface area contributed by atoms with Crippen LogP contribution in [0.5, 0.6) is 0 Å². The van der Waals surface area contributed by atoms with Gasteiger partial charge < -0.3 is 4.90 Å². The van der Waals surface area contributed by atoms with E-state index in [0.717, 1.165) is 11.8 Å². The van der Waals surface area contributed by atoms with Crippen LogP contribution in [0, 0.1) is 11.8 Å². The molecule has 0 amide bonds. The van der Waals surface area contributed by atoms with Gasteiger partial charge in [-0.1, -0.05) is 0 Å². The van der Waals surface area contributed by atoms with E-state index in [0.29, 0.717) is 0 Å². The van der Waals surface area contributed by atoms with Gasteiger partial charge in [0.05, 0.1) is 0 Å². The number of hydrogen-bond acceptors (Lipinski definition) is 2. The number of nitrogens with zero attached hydrogens (tertiary/aromatic N) is 1. The van der Waals surface area contributed by atoms with Crippen LogP contribution in [-0.2, 0) is 0 Å². The van der Waals surface area contributed by atoms with Gasteiger partial charge in [0.15, 0.2) is 0 Å². The molecule has 2 aliphatic heterocycles. The molecule has 2 saturated heterocycles. The van der Waals surface area contributed by atoms with E-state index >= 15 is 0 Å². The highest BCUT2D eigenvalue weighted by molar-refractivity contribution is 8.00. The zero-order chi connectivity index (χ0) is 7.68. The Morgan fingerprint density at radius 1 is 1.09 bits per heavy atom. The number of piperidine rings is 1. The van der Waals surface area contributed by atoms with Crippen molar-refractivity contribution in [3.8, 4) is 0 Å². The van der Waals surface area contributed by atoms with Crippen LogP contribution in [0.25, 0.3) is 0 Å². The second kappa shape index (κ2) is 3.36. The smallest absolute Gasteiger partial charge is 0.00190 e. The van der Waals surface area contributed by atoms with Crippen LogP contribution < -0.4 is 0 Å². The topological polar surface area (TPSA) is 3.24 Å². The van der Waals surface area contributed by atoms with Crippen molar-refractivity contribution in [1.29, 1.82) is 0 Å². The lowest BCUT2D eigenvalue weighted by Crippen LogP contribution is -2.37. The van der Waals surface area contributed by atoms with Crippen molar-refractivity contribution in [2.75, 3.05) is 31.6 Å². The fourth-order valence-electron chi connectivity index (χ4n) is 2.03. The Bertz CT molecular complexity index is 126. The molecule has 0 radical (unpaired) electrons. The monoisotopic (exact) mass is 171 g/mol. The van der Waals surface area contributed by atoms with Gasteiger partial charge in [0.1, 0.15) is 0 Å². The first-order valence-electron chi connectivity index (χ1n) is 4.62. The van der Waals surface area contributed by atoms with E-state index in [-0.39, 0.29) is 0 Å². The van der Waals surface area contributed by atoms with Crippen molar-refractivity contribution in [3.05, 3.63) is 0 Å². The first-order chi connectivity index (χ1) is 5.36. The summed E-state index contributed by atoms with van der Waals surface area (Å²) >= 11 is 2.13. The highest BCUT2D eigenvalue weighted by atomic mass is 32.2. The molecule has 2 rings (SSSR count). The number of rotatable bonds is 1. The summed E-state index contributed by atoms with van der Waals surface area (Å²) in [7, 11) is 2.24. The van der Waals surface area contributed by atoms with Crippen LogP contribution in [0.15, 0.2) is 0 Å². The maximum absolute atomic E-state index is 2.46. The molecule has 2 heterocycles. The molecule has 1 nitrogen and oxygen atoms in total. The summed E-state index contributed by atoms with van der Waals surface area (Å²) < 4.78 is 0. The largest absolute Gasteiger partial charge is 0.306 e. The lowest BCUT2D eigenvalue weighted by molar-refractivity contribution is 0.184. The van der Waals surface area contributed by atoms with Crippen LogP contribution in [0.4, 0.5) is 0 Å². The summed E-state index contributed by atoms with van der Waals surface area (Å²) in [4.78, 5) is 2.46. The van der Waals surface area contributed by atoms with Gasteiger partial charge in [-0.3, -0.25) is 0 Å². The molecule has 2 fully saturated rings. The average Bonchev–Trinajstić information content (AvgIpc) is 1.90. The molecule has 2 aliphatic rings. The molecule has 0 aromatic carbocycles. The fourth-order valence-corrected chi connectivity index (χ4v) is 3.08. The van der Waals surface area contributed by atoms with Crippen LogP contribution >= 0.6 is 11.8 Å². The van der Waals surface area contributed by atoms with E-state index in [1.54, 1.807) is 0 Å². The highest BCUT2D eigenvalue weighted by Crippen LogP contribution is 2.36. The summed E-state index contributed by atoms with van der Waals surface area (Å²) in [5, 5.41) is 0. The van der Waals surface area contributed by atoms with E-state index in [4.69, 9.17) is 0 Å². The summed E-state index contributed by atoms with van der Waals surface area (Å²) in [6.45, 7) is 2.68. The SMILES string of the molecule is CN1CCC(C2CSC2)CC1. The molecular formula is C9H17NS. The molecule has 64 valence electrons. The molecular weight excluding hydrogens is 154 g/mol. The third kappa shape index (κ3) is 1.73. The molecule has 0 aromatic heterocycles. The Morgan fingerprint density at radius 2 is 1.73 bits per heavy atom. The molecule has 2 heteroatoms. The minimum atomic E-state index is 1.08. The molecule has 0 atom stereocenters. The average molecular weight is 171 g/mol. The zero-order valence-corrected chi connectivity index (χ0v) is 8.07. The van der Waals surface area contributed by atoms with Crippen LogP contribution in [0.3, 0.4) is 0 Å². The molecule has 0 saturated carbocycles. The van der Waals surface area contributed by atoms with Gasteiger partial charge in [0.2, 0.25) is 0 Å². The predicted molar refractivity (Wildman–Crippen MR) is 51.0 cm³/mol. The van der Waals surface area contributed by atoms with Crippen molar-refractivity contribution in [2.45, 2.75) is 12.8 Å². The third-order valence-electron chi connectivity index (χ3n) is 3.09. The van der Waals surface area contributed by atoms with E-state index in [1.165, 1.54) is 37.4 Å². The quantitative estimate of drug-likeness (QED) is 0.590. The molecule has 0 aromatic rings. The minimum Gasteiger partial charge on any atom is -0.306 e. The summed E-state index contributed by atoms with van der Waals surface area (Å²) in [6.07, 6.45) is 2.92. The normalized spacial score (nSPS) is 30.3. The second-order valence-corrected chi connectivity index (χ2v) is 5.01. The van der Waals surface area contributed by atoms with Crippen LogP contribution in [0.2, 0.25) is 0 Å². The Morgan fingerprint density at radius 3 is 2.18 bits per heavy atom. The van der Waals surface area contributed by atoms with E-state index in [9.17, 15) is 0 Å². The minimum absolute atomic E-state index is 1.08. The Kier molecular flexibility index (Phi) is 2.42. The van der Waals surface area contributed by atoms with Crippen LogP contribution in [0.1, 0.15) is 12.8 Å². The molecule has 0 aliphatic carbocycles. The first kappa shape index (κ1) is 7.93. The van der Waals surface area contributed by atoms with Crippen molar-refractivity contribution < 1.29 is 0 Å². The molecule has 11 heavy (non-hydrogen) atoms. The highest BCUT2D eigenvalue weighted by Gasteiger charge is 2.29. The second-order valence-electron chi connectivity index (χ2n) is 3.94. The van der Waals surface area contributed by atoms with Gasteiger partial charge in [0.25, 0.3) is 0 Å². The predicted octanol–water partition coefficient (Wildman–Crippen LogP) is 1.69. The number of likely N-dealkylation sites (tertiary alicyclic amines) is 1. The fraction of sp³-hybridized carbons (Fsp3) is 1.00. The van der Waals surface area contributed by atoms with Crippen molar-refractivity contribution in [1.82, 2.24) is 4.90 Å². The van der Waals surface area contributed by atoms with Crippen molar-refractivity contribution >= 4 is 11.8 Å². The van der Waals surface area contributed by atoms with E-state index in [2.05, 4.69) is 23.7 Å². The molecule has 0 unspecified atom stereocenters. The van der Waals surface area contributed by atoms with Crippen LogP contribution in [-0.4, -0.2) is 36.5 Å². The lowest BCUT2D eigenvalue weighted by Gasteiger charge is -2.38. The van der Waals surface area contributed by atoms with Gasteiger partial charge in [-0.05, 0) is 56.3 Å². The first-order valence-corrected chi connectivity index (χ1v) is 5.78. The standard InChI is InChI=1S/C9H17NS/c1-10-4-2-8(3-5-10)9-6-11-7-9/h8-9H,2-7H2,1H3. The number of thioether (sulfide) groups is 1. The van der Waals surface area contributed by atoms with E-state index in [1.807, 2.05) is 0 Å². The zero-order valence-electron chi connectivity index (χ0n) is 7.25. The van der Waals surface area contributed by atoms with E-state index < -0.39 is 0 Å². The summed E-state index contributed by atoms with van der Waals surface area (Å²) in [5.74, 6) is 5.07. The van der Waals surface area contributed by atoms with Gasteiger partial charge in [0, 0.05) is 0 Å². The lowest BCUT2D eigenvalue weighted by atomic mass is 9.86. The maximum Gasteiger partial charge on any atom is -0.00190 e. The van der Waals surface area contributed by atoms with Crippen molar-refractivity contribution in [2.24, 2.45) is 11.8 Å². The van der Waals surface area contributed by atoms with Gasteiger partial charge in [-0.25, -0.2) is 0 Å². The van der Waals surface area contributed by atoms with Crippen molar-refractivity contribution in [3.63, 3.8) is 0 Å². The van der Waals surface area contributed by atoms with Gasteiger partial charge >= 0.3 is 0 Å². The summed E-state index contributed by atoms with van der Waals surface area (Å²) in [5.41, 5.74) is 0. The third-order valence-corrected chi connectivity index (χ3v) is 4.42. The summed E-state index contributed by atoms with van der Waals surface area (Å²) in [6, 6.07) is 0. The molecule has 0 bridgehead atoms. The maximum atomic E-state index is 2.46. The molecule has 0 N–H and O–H groups in total. The Hall–Kier alpha value is 0.310. The number of hydrogen-bond donors (Lipinski definition) is 0.